The molecule has 3 N–H and O–H groups in total. The van der Waals surface area contributed by atoms with Crippen molar-refractivity contribution in [3.05, 3.63) is 59.8 Å². The average Bonchev–Trinajstić information content (AvgIpc) is 3.35. The van der Waals surface area contributed by atoms with Gasteiger partial charge in [-0.25, -0.2) is 4.79 Å². The van der Waals surface area contributed by atoms with E-state index in [1.54, 1.807) is 28.3 Å². The number of ketones is 1. The number of aliphatic hydroxyl groups is 3. The van der Waals surface area contributed by atoms with Crippen molar-refractivity contribution in [2.24, 2.45) is 35.5 Å². The molecule has 14 nitrogen and oxygen atoms in total. The van der Waals surface area contributed by atoms with Crippen LogP contribution in [0.4, 0.5) is 0 Å². The molecule has 14 heteroatoms. The van der Waals surface area contributed by atoms with Crippen molar-refractivity contribution in [3.8, 4) is 0 Å². The number of allylic oxidation sites excluding steroid dienone is 6. The average molecular weight is 999 g/mol. The molecular weight excluding hydrogens is 905 g/mol. The maximum Gasteiger partial charge on any atom is 0.329 e. The van der Waals surface area contributed by atoms with Crippen molar-refractivity contribution in [2.45, 2.75) is 186 Å². The van der Waals surface area contributed by atoms with Gasteiger partial charge in [0.05, 0.1) is 38.1 Å². The van der Waals surface area contributed by atoms with Crippen LogP contribution in [0.1, 0.15) is 132 Å². The van der Waals surface area contributed by atoms with E-state index in [2.05, 4.69) is 64.3 Å². The number of hydrogen-bond acceptors (Lipinski definition) is 13. The van der Waals surface area contributed by atoms with E-state index in [1.165, 1.54) is 4.90 Å². The fourth-order valence-electron chi connectivity index (χ4n) is 11.5. The summed E-state index contributed by atoms with van der Waals surface area (Å²) in [5, 5.41) is 33.3. The van der Waals surface area contributed by atoms with Crippen LogP contribution in [0.25, 0.3) is 0 Å². The molecule has 0 radical (unpaired) electrons. The Morgan fingerprint density at radius 2 is 1.62 bits per heavy atom. The van der Waals surface area contributed by atoms with Crippen molar-refractivity contribution in [1.82, 2.24) is 9.80 Å². The van der Waals surface area contributed by atoms with Gasteiger partial charge >= 0.3 is 5.97 Å². The van der Waals surface area contributed by atoms with Crippen LogP contribution in [0.5, 0.6) is 0 Å². The summed E-state index contributed by atoms with van der Waals surface area (Å²) in [4.78, 5) is 47.0. The number of cyclic esters (lactones) is 1. The predicted molar refractivity (Wildman–Crippen MR) is 277 cm³/mol. The number of esters is 1. The molecule has 15 atom stereocenters. The van der Waals surface area contributed by atoms with Gasteiger partial charge in [-0.15, -0.1) is 0 Å². The van der Waals surface area contributed by atoms with Crippen LogP contribution >= 0.6 is 0 Å². The SMILES string of the molecule is C=C1C(C)CC(C)/C=C/C=C/C=C(\C)C(N(C)CCOC)CC2CCC(C)C(O)(O2)C(=O)C(=O)N2CCCCC2C(=O)OC(C(C)CC2CCC(OCCO)C(OC)C2)CCC(C)/C=C(\C)C(O)C1OC. The minimum atomic E-state index is -2.37. The van der Waals surface area contributed by atoms with E-state index in [0.717, 1.165) is 48.8 Å². The van der Waals surface area contributed by atoms with Crippen LogP contribution in [0.3, 0.4) is 0 Å². The van der Waals surface area contributed by atoms with Crippen LogP contribution in [0, 0.1) is 35.5 Å². The highest BCUT2D eigenvalue weighted by Gasteiger charge is 2.53. The number of methoxy groups -OCH3 is 3. The van der Waals surface area contributed by atoms with Gasteiger partial charge in [0.1, 0.15) is 24.4 Å². The highest BCUT2D eigenvalue weighted by atomic mass is 16.6. The van der Waals surface area contributed by atoms with E-state index in [4.69, 9.17) is 28.4 Å². The third kappa shape index (κ3) is 17.3. The molecule has 3 aliphatic heterocycles. The second kappa shape index (κ2) is 29.7. The van der Waals surface area contributed by atoms with E-state index >= 15 is 0 Å². The monoisotopic (exact) mass is 999 g/mol. The van der Waals surface area contributed by atoms with Crippen molar-refractivity contribution in [1.29, 1.82) is 0 Å². The Bertz CT molecular complexity index is 1820. The smallest absolute Gasteiger partial charge is 0.329 e. The summed E-state index contributed by atoms with van der Waals surface area (Å²) in [6, 6.07) is -1.13. The Hall–Kier alpha value is -3.05. The summed E-state index contributed by atoms with van der Waals surface area (Å²) in [6.07, 6.45) is 17.9. The summed E-state index contributed by atoms with van der Waals surface area (Å²) >= 11 is 0. The molecule has 2 bridgehead atoms. The first-order valence-corrected chi connectivity index (χ1v) is 26.8. The molecule has 2 saturated heterocycles. The van der Waals surface area contributed by atoms with Gasteiger partial charge in [-0.2, -0.15) is 0 Å². The first-order chi connectivity index (χ1) is 33.8. The summed E-state index contributed by atoms with van der Waals surface area (Å²) in [5.74, 6) is -5.08. The lowest BCUT2D eigenvalue weighted by atomic mass is 9.78. The number of ether oxygens (including phenoxy) is 6. The molecule has 3 heterocycles. The number of carbonyl (C=O) groups is 3. The summed E-state index contributed by atoms with van der Waals surface area (Å²) < 4.78 is 36.1. The number of rotatable bonds is 12. The molecule has 404 valence electrons. The first kappa shape index (κ1) is 60.5. The zero-order chi connectivity index (χ0) is 52.4. The normalized spacial score (nSPS) is 38.1. The summed E-state index contributed by atoms with van der Waals surface area (Å²) in [5.41, 5.74) is 2.66. The predicted octanol–water partition coefficient (Wildman–Crippen LogP) is 7.94. The summed E-state index contributed by atoms with van der Waals surface area (Å²) in [6.45, 7) is 20.2. The molecule has 1 amide bonds. The fourth-order valence-corrected chi connectivity index (χ4v) is 11.5. The lowest BCUT2D eigenvalue weighted by Crippen LogP contribution is -2.61. The molecule has 1 saturated carbocycles. The van der Waals surface area contributed by atoms with Crippen LogP contribution < -0.4 is 0 Å². The number of hydrogen-bond donors (Lipinski definition) is 3. The van der Waals surface area contributed by atoms with Gasteiger partial charge in [0.15, 0.2) is 0 Å². The maximum absolute atomic E-state index is 14.6. The molecule has 3 fully saturated rings. The number of Topliss-reactive ketones (excluding diaryl/α,β-unsaturated/α-hetero) is 1. The van der Waals surface area contributed by atoms with E-state index in [-0.39, 0.29) is 67.6 Å². The number of likely N-dealkylation sites (N-methyl/N-ethyl adjacent to an activating group) is 1. The van der Waals surface area contributed by atoms with E-state index in [1.807, 2.05) is 32.2 Å². The lowest BCUT2D eigenvalue weighted by molar-refractivity contribution is -0.264. The topological polar surface area (TPSA) is 174 Å². The molecule has 0 aromatic rings. The minimum Gasteiger partial charge on any atom is -0.461 e. The number of fused-ring (bicyclic) bond motifs is 3. The second-order valence-electron chi connectivity index (χ2n) is 21.7. The molecule has 15 unspecified atom stereocenters. The molecule has 4 rings (SSSR count). The molecule has 71 heavy (non-hydrogen) atoms. The fraction of sp³-hybridized carbons (Fsp3) is 0.772. The van der Waals surface area contributed by atoms with Gasteiger partial charge in [-0.3, -0.25) is 14.5 Å². The quantitative estimate of drug-likeness (QED) is 0.0978. The molecule has 0 aromatic carbocycles. The van der Waals surface area contributed by atoms with Crippen molar-refractivity contribution in [2.75, 3.05) is 61.3 Å². The largest absolute Gasteiger partial charge is 0.461 e. The Kier molecular flexibility index (Phi) is 25.3. The summed E-state index contributed by atoms with van der Waals surface area (Å²) in [7, 11) is 6.98. The Morgan fingerprint density at radius 1 is 0.873 bits per heavy atom. The van der Waals surface area contributed by atoms with Gasteiger partial charge in [0, 0.05) is 46.4 Å². The lowest BCUT2D eigenvalue weighted by Gasteiger charge is -2.43. The third-order valence-electron chi connectivity index (χ3n) is 16.1. The number of nitrogens with zero attached hydrogens (tertiary/aromatic N) is 2. The molecular formula is C57H94N2O12. The van der Waals surface area contributed by atoms with Crippen molar-refractivity contribution >= 4 is 17.7 Å². The number of amides is 1. The zero-order valence-corrected chi connectivity index (χ0v) is 45.4. The molecule has 0 aromatic heterocycles. The van der Waals surface area contributed by atoms with Gasteiger partial charge in [-0.05, 0) is 145 Å². The highest BCUT2D eigenvalue weighted by Crippen LogP contribution is 2.38. The minimum absolute atomic E-state index is 0.000383. The maximum atomic E-state index is 14.6. The Morgan fingerprint density at radius 3 is 2.31 bits per heavy atom. The molecule has 0 spiro atoms. The van der Waals surface area contributed by atoms with Crippen LogP contribution in [-0.4, -0.2) is 159 Å². The number of aliphatic hydroxyl groups excluding tert-OH is 2. The van der Waals surface area contributed by atoms with E-state index in [9.17, 15) is 29.7 Å². The van der Waals surface area contributed by atoms with Gasteiger partial charge in [-0.1, -0.05) is 83.2 Å². The van der Waals surface area contributed by atoms with Crippen LogP contribution in [0.15, 0.2) is 59.8 Å². The first-order valence-electron chi connectivity index (χ1n) is 26.8. The zero-order valence-electron chi connectivity index (χ0n) is 45.4. The van der Waals surface area contributed by atoms with E-state index < -0.39 is 59.8 Å². The Labute approximate surface area is 427 Å². The highest BCUT2D eigenvalue weighted by molar-refractivity contribution is 6.39. The van der Waals surface area contributed by atoms with Crippen LogP contribution in [-0.2, 0) is 42.8 Å². The third-order valence-corrected chi connectivity index (χ3v) is 16.1. The van der Waals surface area contributed by atoms with Gasteiger partial charge < -0.3 is 48.6 Å². The molecule has 4 aliphatic rings. The van der Waals surface area contributed by atoms with Gasteiger partial charge in [0.25, 0.3) is 11.7 Å². The van der Waals surface area contributed by atoms with Crippen molar-refractivity contribution in [3.63, 3.8) is 0 Å². The van der Waals surface area contributed by atoms with E-state index in [0.29, 0.717) is 64.5 Å². The van der Waals surface area contributed by atoms with Gasteiger partial charge in [0.2, 0.25) is 5.79 Å². The number of piperidine rings is 1. The van der Waals surface area contributed by atoms with Crippen molar-refractivity contribution < 1.29 is 58.1 Å². The standard InChI is InChI=1S/C57H94N2O12/c1-37-18-14-13-15-19-39(3)48(58(9)28-30-66-10)36-46-24-22-43(7)57(65,71-46)54(62)55(63)59-27-17-16-20-47(59)56(64)70-49(41(5)34-45-23-26-50(69-31-29-60)51(35-45)67-11)25-21-38(2)33-42(6)52(61)53(68-12)44(8)40(4)32-37/h13-15,18-19,33,37-38,40-41,43,45-53,60-61,65H,8,16-17,20-32,34-36H2,1-7,9-12H3/b15-13+,18-14+,39-19+,42-33+. The molecule has 1 aliphatic carbocycles. The Balaban J connectivity index is 1.70. The second-order valence-corrected chi connectivity index (χ2v) is 21.7. The van der Waals surface area contributed by atoms with Crippen LogP contribution in [0.2, 0.25) is 0 Å². The number of carbonyl (C=O) groups excluding carboxylic acids is 3.